The van der Waals surface area contributed by atoms with Crippen molar-refractivity contribution in [1.82, 2.24) is 0 Å². The molecule has 2 heteroatoms. The zero-order valence-electron chi connectivity index (χ0n) is 25.6. The molecule has 0 saturated carbocycles. The van der Waals surface area contributed by atoms with Crippen LogP contribution in [0.25, 0.3) is 24.3 Å². The summed E-state index contributed by atoms with van der Waals surface area (Å²) in [5, 5.41) is 0. The predicted molar refractivity (Wildman–Crippen MR) is 192 cm³/mol. The van der Waals surface area contributed by atoms with Crippen molar-refractivity contribution in [3.8, 4) is 0 Å². The molecule has 0 aliphatic heterocycles. The molecule has 6 aromatic carbocycles. The van der Waals surface area contributed by atoms with Gasteiger partial charge in [0.05, 0.1) is 11.1 Å². The van der Waals surface area contributed by atoms with E-state index in [1.807, 2.05) is 0 Å². The molecule has 8 rings (SSSR count). The van der Waals surface area contributed by atoms with Crippen molar-refractivity contribution in [3.05, 3.63) is 213 Å². The largest absolute Gasteiger partial charge is 0.319 e. The van der Waals surface area contributed by atoms with E-state index in [1.54, 1.807) is 0 Å². The van der Waals surface area contributed by atoms with Crippen LogP contribution in [0.15, 0.2) is 158 Å². The third-order valence-corrected chi connectivity index (χ3v) is 10.2. The van der Waals surface area contributed by atoms with Crippen LogP contribution >= 0.6 is 0 Å². The van der Waals surface area contributed by atoms with E-state index in [0.29, 0.717) is 0 Å². The minimum Gasteiger partial charge on any atom is -0.319 e. The fourth-order valence-corrected chi connectivity index (χ4v) is 8.09. The summed E-state index contributed by atoms with van der Waals surface area (Å²) >= 11 is 0. The summed E-state index contributed by atoms with van der Waals surface area (Å²) in [7, 11) is 0. The fraction of sp³-hybridized carbons (Fsp3) is 0.0909. The molecule has 0 bridgehead atoms. The normalized spacial score (nSPS) is 16.5. The van der Waals surface area contributed by atoms with E-state index in [4.69, 9.17) is 11.5 Å². The Kier molecular flexibility index (Phi) is 6.91. The molecule has 0 amide bonds. The maximum Gasteiger partial charge on any atom is 0.0754 e. The highest BCUT2D eigenvalue weighted by atomic mass is 15.0. The molecule has 0 saturated heterocycles. The Morgan fingerprint density at radius 1 is 0.304 bits per heavy atom. The molecule has 2 aliphatic carbocycles. The standard InChI is InChI=1S/C44H36N2/c45-43(35-19-3-1-4-20-35,41-37-23-11-7-15-31(37)27-28-32-16-8-12-24-38(32)41)44(46,36-21-5-2-6-22-36)42-39-25-13-9-17-33(39)29-30-34-18-10-14-26-40(34)42/h1-30,41-42H,45-46H2/t43-,44-/m1/s1. The molecule has 0 fully saturated rings. The van der Waals surface area contributed by atoms with Gasteiger partial charge >= 0.3 is 0 Å². The zero-order chi connectivity index (χ0) is 31.1. The van der Waals surface area contributed by atoms with Gasteiger partial charge in [0.1, 0.15) is 0 Å². The summed E-state index contributed by atoms with van der Waals surface area (Å²) in [6, 6.07) is 55.8. The van der Waals surface area contributed by atoms with Gasteiger partial charge in [0, 0.05) is 11.8 Å². The molecule has 222 valence electrons. The van der Waals surface area contributed by atoms with Gasteiger partial charge in [0.15, 0.2) is 0 Å². The van der Waals surface area contributed by atoms with Gasteiger partial charge in [0.2, 0.25) is 0 Å². The smallest absolute Gasteiger partial charge is 0.0754 e. The molecule has 0 aromatic heterocycles. The first-order valence-electron chi connectivity index (χ1n) is 16.0. The molecule has 0 radical (unpaired) electrons. The highest BCUT2D eigenvalue weighted by Crippen LogP contribution is 2.59. The van der Waals surface area contributed by atoms with E-state index in [1.165, 1.54) is 0 Å². The van der Waals surface area contributed by atoms with E-state index in [-0.39, 0.29) is 11.8 Å². The minimum absolute atomic E-state index is 0.293. The number of rotatable bonds is 5. The van der Waals surface area contributed by atoms with Crippen molar-refractivity contribution in [1.29, 1.82) is 0 Å². The van der Waals surface area contributed by atoms with Crippen LogP contribution in [0.4, 0.5) is 0 Å². The van der Waals surface area contributed by atoms with Crippen molar-refractivity contribution in [2.75, 3.05) is 0 Å². The summed E-state index contributed by atoms with van der Waals surface area (Å²) in [6.07, 6.45) is 8.89. The van der Waals surface area contributed by atoms with E-state index >= 15 is 0 Å². The van der Waals surface area contributed by atoms with Crippen molar-refractivity contribution < 1.29 is 0 Å². The molecule has 0 unspecified atom stereocenters. The number of hydrogen-bond donors (Lipinski definition) is 2. The van der Waals surface area contributed by atoms with Crippen LogP contribution in [0.1, 0.15) is 67.5 Å². The molecular formula is C44H36N2. The first-order chi connectivity index (χ1) is 22.6. The third kappa shape index (κ3) is 4.26. The molecule has 6 aromatic rings. The monoisotopic (exact) mass is 592 g/mol. The Labute approximate surface area is 271 Å². The molecule has 46 heavy (non-hydrogen) atoms. The van der Waals surface area contributed by atoms with Crippen LogP contribution in [0.3, 0.4) is 0 Å². The topological polar surface area (TPSA) is 52.0 Å². The predicted octanol–water partition coefficient (Wildman–Crippen LogP) is 9.33. The Hall–Kier alpha value is -5.28. The van der Waals surface area contributed by atoms with E-state index in [2.05, 4.69) is 182 Å². The average molecular weight is 593 g/mol. The maximum atomic E-state index is 8.43. The van der Waals surface area contributed by atoms with Crippen LogP contribution in [0.2, 0.25) is 0 Å². The Morgan fingerprint density at radius 3 is 0.826 bits per heavy atom. The third-order valence-electron chi connectivity index (χ3n) is 10.2. The Balaban J connectivity index is 1.55. The number of nitrogens with two attached hydrogens (primary N) is 2. The number of hydrogen-bond acceptors (Lipinski definition) is 2. The molecule has 0 spiro atoms. The van der Waals surface area contributed by atoms with E-state index in [0.717, 1.165) is 55.6 Å². The first-order valence-corrected chi connectivity index (χ1v) is 16.0. The van der Waals surface area contributed by atoms with Gasteiger partial charge in [-0.1, -0.05) is 182 Å². The molecule has 4 N–H and O–H groups in total. The second-order valence-electron chi connectivity index (χ2n) is 12.5. The van der Waals surface area contributed by atoms with Crippen molar-refractivity contribution in [2.45, 2.75) is 22.9 Å². The Morgan fingerprint density at radius 2 is 0.543 bits per heavy atom. The quantitative estimate of drug-likeness (QED) is 0.210. The van der Waals surface area contributed by atoms with Gasteiger partial charge < -0.3 is 11.5 Å². The van der Waals surface area contributed by atoms with Crippen LogP contribution in [-0.4, -0.2) is 0 Å². The summed E-state index contributed by atoms with van der Waals surface area (Å²) in [5.41, 5.74) is 25.8. The highest BCUT2D eigenvalue weighted by molar-refractivity contribution is 5.79. The lowest BCUT2D eigenvalue weighted by atomic mass is 9.53. The summed E-state index contributed by atoms with van der Waals surface area (Å²) < 4.78 is 0. The van der Waals surface area contributed by atoms with Gasteiger partial charge in [-0.3, -0.25) is 0 Å². The van der Waals surface area contributed by atoms with Crippen LogP contribution in [-0.2, 0) is 11.1 Å². The number of fused-ring (bicyclic) bond motifs is 4. The van der Waals surface area contributed by atoms with Gasteiger partial charge in [-0.05, 0) is 55.6 Å². The summed E-state index contributed by atoms with van der Waals surface area (Å²) in [6.45, 7) is 0. The van der Waals surface area contributed by atoms with E-state index in [9.17, 15) is 0 Å². The summed E-state index contributed by atoms with van der Waals surface area (Å²) in [4.78, 5) is 0. The molecule has 2 atom stereocenters. The second-order valence-corrected chi connectivity index (χ2v) is 12.5. The van der Waals surface area contributed by atoms with Crippen molar-refractivity contribution in [2.24, 2.45) is 11.5 Å². The maximum absolute atomic E-state index is 8.43. The summed E-state index contributed by atoms with van der Waals surface area (Å²) in [5.74, 6) is -0.587. The van der Waals surface area contributed by atoms with E-state index < -0.39 is 11.1 Å². The minimum atomic E-state index is -1.15. The fourth-order valence-electron chi connectivity index (χ4n) is 8.09. The van der Waals surface area contributed by atoms with Gasteiger partial charge in [-0.2, -0.15) is 0 Å². The number of benzene rings is 6. The van der Waals surface area contributed by atoms with Crippen LogP contribution in [0, 0.1) is 0 Å². The van der Waals surface area contributed by atoms with Gasteiger partial charge in [0.25, 0.3) is 0 Å². The van der Waals surface area contributed by atoms with Gasteiger partial charge in [-0.15, -0.1) is 0 Å². The molecule has 0 heterocycles. The molecule has 2 nitrogen and oxygen atoms in total. The second kappa shape index (κ2) is 11.3. The lowest BCUT2D eigenvalue weighted by molar-refractivity contribution is 0.171. The molecule has 2 aliphatic rings. The lowest BCUT2D eigenvalue weighted by Crippen LogP contribution is -2.67. The molecular weight excluding hydrogens is 556 g/mol. The van der Waals surface area contributed by atoms with Gasteiger partial charge in [-0.25, -0.2) is 0 Å². The average Bonchev–Trinajstić information content (AvgIpc) is 3.40. The Bertz CT molecular complexity index is 1840. The van der Waals surface area contributed by atoms with Crippen molar-refractivity contribution >= 4 is 24.3 Å². The zero-order valence-corrected chi connectivity index (χ0v) is 25.6. The lowest BCUT2D eigenvalue weighted by Gasteiger charge is -2.55. The SMILES string of the molecule is N[C@](c1ccccc1)(C1c2ccccc2C=Cc2ccccc21)[C@@](N)(c1ccccc1)C1c2ccccc2C=Cc2ccccc21. The first kappa shape index (κ1) is 28.2. The van der Waals surface area contributed by atoms with Crippen LogP contribution < -0.4 is 11.5 Å². The van der Waals surface area contributed by atoms with Crippen LogP contribution in [0.5, 0.6) is 0 Å². The highest BCUT2D eigenvalue weighted by Gasteiger charge is 2.59. The van der Waals surface area contributed by atoms with Crippen molar-refractivity contribution in [3.63, 3.8) is 0 Å².